The molecule has 1 aromatic heterocycles. The monoisotopic (exact) mass is 245 g/mol. The number of aromatic carboxylic acids is 1. The lowest BCUT2D eigenvalue weighted by molar-refractivity contribution is 0.0663. The second-order valence-corrected chi connectivity index (χ2v) is 4.35. The van der Waals surface area contributed by atoms with E-state index in [-0.39, 0.29) is 5.76 Å². The van der Waals surface area contributed by atoms with Gasteiger partial charge in [-0.2, -0.15) is 0 Å². The lowest BCUT2D eigenvalue weighted by atomic mass is 10.1. The molecule has 0 saturated carbocycles. The van der Waals surface area contributed by atoms with Gasteiger partial charge >= 0.3 is 5.97 Å². The SMILES string of the molecule is Cc1cc(C)cc(N(C)c2ccc(C(=O)O)o2)c1. The average Bonchev–Trinajstić information content (AvgIpc) is 2.75. The van der Waals surface area contributed by atoms with Gasteiger partial charge in [0.2, 0.25) is 11.6 Å². The van der Waals surface area contributed by atoms with Crippen LogP contribution in [0.15, 0.2) is 34.7 Å². The van der Waals surface area contributed by atoms with Gasteiger partial charge in [-0.05, 0) is 43.2 Å². The van der Waals surface area contributed by atoms with E-state index in [0.717, 1.165) is 16.8 Å². The van der Waals surface area contributed by atoms with Crippen molar-refractivity contribution < 1.29 is 14.3 Å². The van der Waals surface area contributed by atoms with Crippen molar-refractivity contribution >= 4 is 17.5 Å². The number of carbonyl (C=O) groups is 1. The summed E-state index contributed by atoms with van der Waals surface area (Å²) < 4.78 is 5.27. The van der Waals surface area contributed by atoms with E-state index in [4.69, 9.17) is 9.52 Å². The van der Waals surface area contributed by atoms with Crippen LogP contribution in [-0.2, 0) is 0 Å². The van der Waals surface area contributed by atoms with Crippen molar-refractivity contribution in [3.63, 3.8) is 0 Å². The maximum Gasteiger partial charge on any atom is 0.371 e. The predicted molar refractivity (Wildman–Crippen MR) is 69.6 cm³/mol. The molecule has 0 fully saturated rings. The normalized spacial score (nSPS) is 10.4. The Hall–Kier alpha value is -2.23. The van der Waals surface area contributed by atoms with Crippen LogP contribution in [0, 0.1) is 13.8 Å². The van der Waals surface area contributed by atoms with Gasteiger partial charge in [0.25, 0.3) is 0 Å². The molecule has 0 aliphatic carbocycles. The summed E-state index contributed by atoms with van der Waals surface area (Å²) in [5.41, 5.74) is 3.28. The van der Waals surface area contributed by atoms with Crippen molar-refractivity contribution in [2.75, 3.05) is 11.9 Å². The molecule has 0 spiro atoms. The van der Waals surface area contributed by atoms with Gasteiger partial charge in [-0.25, -0.2) is 4.79 Å². The fourth-order valence-corrected chi connectivity index (χ4v) is 1.89. The van der Waals surface area contributed by atoms with Crippen LogP contribution in [0.3, 0.4) is 0 Å². The van der Waals surface area contributed by atoms with Gasteiger partial charge in [0, 0.05) is 18.8 Å². The zero-order chi connectivity index (χ0) is 13.3. The van der Waals surface area contributed by atoms with E-state index in [1.807, 2.05) is 37.9 Å². The van der Waals surface area contributed by atoms with E-state index in [2.05, 4.69) is 6.07 Å². The van der Waals surface area contributed by atoms with Crippen molar-refractivity contribution in [1.82, 2.24) is 0 Å². The zero-order valence-corrected chi connectivity index (χ0v) is 10.6. The molecule has 1 heterocycles. The number of nitrogens with zero attached hydrogens (tertiary/aromatic N) is 1. The summed E-state index contributed by atoms with van der Waals surface area (Å²) in [4.78, 5) is 12.6. The topological polar surface area (TPSA) is 53.7 Å². The molecule has 0 amide bonds. The van der Waals surface area contributed by atoms with Crippen LogP contribution in [-0.4, -0.2) is 18.1 Å². The van der Waals surface area contributed by atoms with Gasteiger partial charge in [0.05, 0.1) is 0 Å². The van der Waals surface area contributed by atoms with Crippen LogP contribution in [0.4, 0.5) is 11.6 Å². The molecular formula is C14H15NO3. The van der Waals surface area contributed by atoms with Gasteiger partial charge in [-0.15, -0.1) is 0 Å². The zero-order valence-electron chi connectivity index (χ0n) is 10.6. The average molecular weight is 245 g/mol. The fraction of sp³-hybridized carbons (Fsp3) is 0.214. The first-order valence-corrected chi connectivity index (χ1v) is 5.62. The Kier molecular flexibility index (Phi) is 3.10. The van der Waals surface area contributed by atoms with E-state index in [9.17, 15) is 4.79 Å². The molecular weight excluding hydrogens is 230 g/mol. The Balaban J connectivity index is 2.34. The van der Waals surface area contributed by atoms with Gasteiger partial charge in [0.15, 0.2) is 0 Å². The molecule has 0 unspecified atom stereocenters. The van der Waals surface area contributed by atoms with Crippen molar-refractivity contribution in [3.8, 4) is 0 Å². The fourth-order valence-electron chi connectivity index (χ4n) is 1.89. The molecule has 94 valence electrons. The molecule has 0 saturated heterocycles. The maximum atomic E-state index is 10.8. The molecule has 0 aliphatic rings. The minimum Gasteiger partial charge on any atom is -0.475 e. The molecule has 1 N–H and O–H groups in total. The van der Waals surface area contributed by atoms with Crippen LogP contribution in [0.5, 0.6) is 0 Å². The molecule has 0 atom stereocenters. The van der Waals surface area contributed by atoms with Crippen LogP contribution in [0.2, 0.25) is 0 Å². The van der Waals surface area contributed by atoms with E-state index >= 15 is 0 Å². The van der Waals surface area contributed by atoms with Crippen LogP contribution < -0.4 is 4.90 Å². The Morgan fingerprint density at radius 1 is 1.17 bits per heavy atom. The van der Waals surface area contributed by atoms with E-state index in [1.165, 1.54) is 6.07 Å². The number of hydrogen-bond acceptors (Lipinski definition) is 3. The number of benzene rings is 1. The van der Waals surface area contributed by atoms with Crippen molar-refractivity contribution in [2.24, 2.45) is 0 Å². The van der Waals surface area contributed by atoms with Crippen molar-refractivity contribution in [1.29, 1.82) is 0 Å². The first-order chi connectivity index (χ1) is 8.47. The largest absolute Gasteiger partial charge is 0.475 e. The maximum absolute atomic E-state index is 10.8. The Morgan fingerprint density at radius 3 is 2.28 bits per heavy atom. The first kappa shape index (κ1) is 12.2. The highest BCUT2D eigenvalue weighted by atomic mass is 16.4. The second-order valence-electron chi connectivity index (χ2n) is 4.35. The van der Waals surface area contributed by atoms with Gasteiger partial charge in [-0.1, -0.05) is 6.07 Å². The minimum absolute atomic E-state index is 0.0544. The van der Waals surface area contributed by atoms with Gasteiger partial charge in [-0.3, -0.25) is 0 Å². The lowest BCUT2D eigenvalue weighted by Crippen LogP contribution is -2.08. The van der Waals surface area contributed by atoms with E-state index in [1.54, 1.807) is 6.07 Å². The molecule has 4 nitrogen and oxygen atoms in total. The van der Waals surface area contributed by atoms with Crippen molar-refractivity contribution in [2.45, 2.75) is 13.8 Å². The number of anilines is 2. The molecule has 4 heteroatoms. The highest BCUT2D eigenvalue weighted by molar-refractivity contribution is 5.85. The van der Waals surface area contributed by atoms with E-state index < -0.39 is 5.97 Å². The van der Waals surface area contributed by atoms with Crippen molar-refractivity contribution in [3.05, 3.63) is 47.2 Å². The minimum atomic E-state index is -1.06. The molecule has 1 aromatic carbocycles. The van der Waals surface area contributed by atoms with Gasteiger partial charge < -0.3 is 14.4 Å². The molecule has 0 aliphatic heterocycles. The molecule has 0 bridgehead atoms. The summed E-state index contributed by atoms with van der Waals surface area (Å²) >= 11 is 0. The number of aryl methyl sites for hydroxylation is 2. The Bertz CT molecular complexity index is 566. The predicted octanol–water partition coefficient (Wildman–Crippen LogP) is 3.36. The molecule has 2 rings (SSSR count). The summed E-state index contributed by atoms with van der Waals surface area (Å²) in [5, 5.41) is 8.83. The summed E-state index contributed by atoms with van der Waals surface area (Å²) in [6.07, 6.45) is 0. The highest BCUT2D eigenvalue weighted by Gasteiger charge is 2.13. The third-order valence-electron chi connectivity index (χ3n) is 2.73. The third kappa shape index (κ3) is 2.37. The third-order valence-corrected chi connectivity index (χ3v) is 2.73. The highest BCUT2D eigenvalue weighted by Crippen LogP contribution is 2.27. The van der Waals surface area contributed by atoms with Crippen LogP contribution >= 0.6 is 0 Å². The summed E-state index contributed by atoms with van der Waals surface area (Å²) in [5.74, 6) is -0.603. The number of carboxylic acid groups (broad SMARTS) is 1. The van der Waals surface area contributed by atoms with Crippen LogP contribution in [0.25, 0.3) is 0 Å². The number of carboxylic acids is 1. The second kappa shape index (κ2) is 4.56. The summed E-state index contributed by atoms with van der Waals surface area (Å²) in [6, 6.07) is 9.24. The molecule has 18 heavy (non-hydrogen) atoms. The summed E-state index contributed by atoms with van der Waals surface area (Å²) in [6.45, 7) is 4.05. The first-order valence-electron chi connectivity index (χ1n) is 5.62. The van der Waals surface area contributed by atoms with E-state index in [0.29, 0.717) is 5.88 Å². The quantitative estimate of drug-likeness (QED) is 0.900. The summed E-state index contributed by atoms with van der Waals surface area (Å²) in [7, 11) is 1.85. The number of rotatable bonds is 3. The number of hydrogen-bond donors (Lipinski definition) is 1. The number of furan rings is 1. The lowest BCUT2D eigenvalue weighted by Gasteiger charge is -2.17. The Labute approximate surface area is 105 Å². The molecule has 2 aromatic rings. The Morgan fingerprint density at radius 2 is 1.78 bits per heavy atom. The smallest absolute Gasteiger partial charge is 0.371 e. The standard InChI is InChI=1S/C14H15NO3/c1-9-6-10(2)8-11(7-9)15(3)13-5-4-12(18-13)14(16)17/h4-8H,1-3H3,(H,16,17). The van der Waals surface area contributed by atoms with Crippen LogP contribution in [0.1, 0.15) is 21.7 Å². The molecule has 0 radical (unpaired) electrons. The van der Waals surface area contributed by atoms with Gasteiger partial charge in [0.1, 0.15) is 0 Å².